The van der Waals surface area contributed by atoms with Gasteiger partial charge in [-0.05, 0) is 10.8 Å². The molecule has 0 radical (unpaired) electrons. The molecule has 0 aromatic heterocycles. The minimum absolute atomic E-state index is 0.862. The molecule has 0 saturated carbocycles. The van der Waals surface area contributed by atoms with Crippen LogP contribution in [0.3, 0.4) is 0 Å². The molecule has 0 aliphatic rings. The van der Waals surface area contributed by atoms with E-state index in [-0.39, 0.29) is 0 Å². The van der Waals surface area contributed by atoms with Gasteiger partial charge in [-0.3, -0.25) is 0 Å². The first-order valence-electron chi connectivity index (χ1n) is 4.62. The number of rotatable bonds is 1. The highest BCUT2D eigenvalue weighted by Crippen LogP contribution is 2.16. The summed E-state index contributed by atoms with van der Waals surface area (Å²) >= 11 is 0. The van der Waals surface area contributed by atoms with Crippen molar-refractivity contribution in [2.75, 3.05) is 7.11 Å². The molecule has 0 unspecified atom stereocenters. The summed E-state index contributed by atoms with van der Waals surface area (Å²) in [5.41, 5.74) is 5.23. The van der Waals surface area contributed by atoms with E-state index in [1.54, 1.807) is 0 Å². The van der Waals surface area contributed by atoms with Gasteiger partial charge in [0.1, 0.15) is 6.54 Å². The number of hydrogen-bond donors (Lipinski definition) is 2. The molecule has 2 aromatic rings. The maximum absolute atomic E-state index is 7.00. The summed E-state index contributed by atoms with van der Waals surface area (Å²) in [5, 5.41) is 9.63. The Morgan fingerprint density at radius 2 is 1.64 bits per heavy atom. The normalized spacial score (nSPS) is 9.36. The van der Waals surface area contributed by atoms with Crippen molar-refractivity contribution in [3.05, 3.63) is 48.0 Å². The fourth-order valence-electron chi connectivity index (χ4n) is 1.51. The zero-order valence-corrected chi connectivity index (χ0v) is 8.40. The van der Waals surface area contributed by atoms with E-state index in [2.05, 4.69) is 48.2 Å². The zero-order valence-electron chi connectivity index (χ0n) is 8.40. The Balaban J connectivity index is 0.000000461. The van der Waals surface area contributed by atoms with Gasteiger partial charge in [0.2, 0.25) is 0 Å². The second-order valence-electron chi connectivity index (χ2n) is 2.89. The number of hydrogen-bond acceptors (Lipinski definition) is 1. The quantitative estimate of drug-likeness (QED) is 0.697. The van der Waals surface area contributed by atoms with E-state index < -0.39 is 0 Å². The second kappa shape index (κ2) is 5.37. The van der Waals surface area contributed by atoms with Gasteiger partial charge in [-0.1, -0.05) is 42.5 Å². The van der Waals surface area contributed by atoms with E-state index in [0.717, 1.165) is 13.7 Å². The van der Waals surface area contributed by atoms with E-state index in [1.807, 2.05) is 0 Å². The molecule has 2 heteroatoms. The molecule has 14 heavy (non-hydrogen) atoms. The molecule has 2 rings (SSSR count). The summed E-state index contributed by atoms with van der Waals surface area (Å²) in [7, 11) is 1.00. The lowest BCUT2D eigenvalue weighted by molar-refractivity contribution is -0.386. The monoisotopic (exact) mass is 190 g/mol. The highest BCUT2D eigenvalue weighted by atomic mass is 16.2. The van der Waals surface area contributed by atoms with Crippen molar-refractivity contribution in [3.63, 3.8) is 0 Å². The van der Waals surface area contributed by atoms with Crippen LogP contribution < -0.4 is 5.73 Å². The SMILES string of the molecule is CO.[NH3+]Cc1cccc2ccccc12. The summed E-state index contributed by atoms with van der Waals surface area (Å²) in [6, 6.07) is 14.8. The lowest BCUT2D eigenvalue weighted by Gasteiger charge is -2.00. The Kier molecular flexibility index (Phi) is 4.11. The van der Waals surface area contributed by atoms with E-state index in [4.69, 9.17) is 5.11 Å². The van der Waals surface area contributed by atoms with Crippen molar-refractivity contribution >= 4 is 10.8 Å². The van der Waals surface area contributed by atoms with Crippen molar-refractivity contribution in [2.45, 2.75) is 6.54 Å². The van der Waals surface area contributed by atoms with Crippen LogP contribution in [0.4, 0.5) is 0 Å². The minimum atomic E-state index is 0.862. The smallest absolute Gasteiger partial charge is 0.100 e. The third-order valence-electron chi connectivity index (χ3n) is 2.15. The van der Waals surface area contributed by atoms with Crippen LogP contribution in [0.2, 0.25) is 0 Å². The first-order chi connectivity index (χ1) is 6.92. The predicted octanol–water partition coefficient (Wildman–Crippen LogP) is 1.19. The van der Waals surface area contributed by atoms with E-state index in [9.17, 15) is 0 Å². The van der Waals surface area contributed by atoms with Crippen LogP contribution in [0.1, 0.15) is 5.56 Å². The Labute approximate surface area is 84.0 Å². The standard InChI is InChI=1S/C11H11N.CH4O/c12-8-10-6-3-5-9-4-1-2-7-11(9)10;1-2/h1-7H,8,12H2;2H,1H3/p+1. The molecule has 74 valence electrons. The lowest BCUT2D eigenvalue weighted by Crippen LogP contribution is -2.47. The molecule has 0 heterocycles. The van der Waals surface area contributed by atoms with Crippen LogP contribution in [0, 0.1) is 0 Å². The molecule has 0 fully saturated rings. The molecular formula is C12H16NO+. The number of benzene rings is 2. The van der Waals surface area contributed by atoms with Crippen molar-refractivity contribution < 1.29 is 10.8 Å². The Morgan fingerprint density at radius 1 is 1.00 bits per heavy atom. The van der Waals surface area contributed by atoms with Crippen molar-refractivity contribution in [3.8, 4) is 0 Å². The molecule has 0 spiro atoms. The predicted molar refractivity (Wildman–Crippen MR) is 58.7 cm³/mol. The van der Waals surface area contributed by atoms with E-state index in [0.29, 0.717) is 0 Å². The average molecular weight is 190 g/mol. The van der Waals surface area contributed by atoms with E-state index >= 15 is 0 Å². The summed E-state index contributed by atoms with van der Waals surface area (Å²) in [6.07, 6.45) is 0. The summed E-state index contributed by atoms with van der Waals surface area (Å²) in [4.78, 5) is 0. The molecule has 4 N–H and O–H groups in total. The van der Waals surface area contributed by atoms with Crippen molar-refractivity contribution in [1.29, 1.82) is 0 Å². The van der Waals surface area contributed by atoms with Crippen LogP contribution in [0.25, 0.3) is 10.8 Å². The number of aliphatic hydroxyl groups is 1. The van der Waals surface area contributed by atoms with Gasteiger partial charge in [-0.15, -0.1) is 0 Å². The summed E-state index contributed by atoms with van der Waals surface area (Å²) in [6.45, 7) is 0.862. The Hall–Kier alpha value is -1.38. The molecule has 0 bridgehead atoms. The molecule has 2 aromatic carbocycles. The highest BCUT2D eigenvalue weighted by molar-refractivity contribution is 5.85. The van der Waals surface area contributed by atoms with Crippen LogP contribution in [0.15, 0.2) is 42.5 Å². The van der Waals surface area contributed by atoms with Gasteiger partial charge in [-0.2, -0.15) is 0 Å². The van der Waals surface area contributed by atoms with E-state index in [1.165, 1.54) is 16.3 Å². The van der Waals surface area contributed by atoms with Gasteiger partial charge in [-0.25, -0.2) is 0 Å². The molecule has 0 saturated heterocycles. The maximum Gasteiger partial charge on any atom is 0.100 e. The highest BCUT2D eigenvalue weighted by Gasteiger charge is 1.97. The van der Waals surface area contributed by atoms with Gasteiger partial charge < -0.3 is 10.8 Å². The molecule has 2 nitrogen and oxygen atoms in total. The third-order valence-corrected chi connectivity index (χ3v) is 2.15. The largest absolute Gasteiger partial charge is 0.400 e. The number of fused-ring (bicyclic) bond motifs is 1. The molecule has 0 atom stereocenters. The maximum atomic E-state index is 7.00. The van der Waals surface area contributed by atoms with Gasteiger partial charge >= 0.3 is 0 Å². The zero-order chi connectivity index (χ0) is 10.4. The first-order valence-corrected chi connectivity index (χ1v) is 4.62. The fraction of sp³-hybridized carbons (Fsp3) is 0.167. The molecule has 0 aliphatic heterocycles. The molecular weight excluding hydrogens is 174 g/mol. The van der Waals surface area contributed by atoms with Gasteiger partial charge in [0.25, 0.3) is 0 Å². The lowest BCUT2D eigenvalue weighted by atomic mass is 10.1. The summed E-state index contributed by atoms with van der Waals surface area (Å²) in [5.74, 6) is 0. The van der Waals surface area contributed by atoms with Gasteiger partial charge in [0.15, 0.2) is 0 Å². The second-order valence-corrected chi connectivity index (χ2v) is 2.89. The van der Waals surface area contributed by atoms with Crippen LogP contribution >= 0.6 is 0 Å². The fourth-order valence-corrected chi connectivity index (χ4v) is 1.51. The topological polar surface area (TPSA) is 47.9 Å². The Morgan fingerprint density at radius 3 is 2.36 bits per heavy atom. The number of aliphatic hydroxyl groups excluding tert-OH is 1. The first kappa shape index (κ1) is 10.7. The van der Waals surface area contributed by atoms with Gasteiger partial charge in [0, 0.05) is 12.7 Å². The van der Waals surface area contributed by atoms with Gasteiger partial charge in [0.05, 0.1) is 0 Å². The third kappa shape index (κ3) is 2.10. The van der Waals surface area contributed by atoms with Crippen LogP contribution in [0.5, 0.6) is 0 Å². The average Bonchev–Trinajstić information content (AvgIpc) is 2.31. The minimum Gasteiger partial charge on any atom is -0.400 e. The van der Waals surface area contributed by atoms with Crippen molar-refractivity contribution in [1.82, 2.24) is 0 Å². The number of quaternary nitrogens is 1. The molecule has 0 amide bonds. The van der Waals surface area contributed by atoms with Crippen LogP contribution in [-0.2, 0) is 6.54 Å². The van der Waals surface area contributed by atoms with Crippen molar-refractivity contribution in [2.24, 2.45) is 0 Å². The Bertz CT molecular complexity index is 393. The van der Waals surface area contributed by atoms with Crippen LogP contribution in [-0.4, -0.2) is 12.2 Å². The molecule has 0 aliphatic carbocycles. The summed E-state index contributed by atoms with van der Waals surface area (Å²) < 4.78 is 0.